The maximum Gasteiger partial charge on any atom is 0.318 e. The van der Waals surface area contributed by atoms with Crippen molar-refractivity contribution in [1.82, 2.24) is 0 Å². The zero-order chi connectivity index (χ0) is 19.3. The summed E-state index contributed by atoms with van der Waals surface area (Å²) in [5, 5.41) is 39.8. The molecule has 0 aromatic heterocycles. The molecule has 0 aliphatic carbocycles. The lowest BCUT2D eigenvalue weighted by Crippen LogP contribution is -1.97. The molecule has 0 radical (unpaired) electrons. The molecule has 0 heterocycles. The number of halogens is 1. The lowest BCUT2D eigenvalue weighted by molar-refractivity contribution is -0.394. The maximum absolute atomic E-state index is 11.2. The fourth-order valence-electron chi connectivity index (χ4n) is 1.94. The van der Waals surface area contributed by atoms with Gasteiger partial charge in [0.15, 0.2) is 0 Å². The molecule has 0 atom stereocenters. The molecule has 0 amide bonds. The van der Waals surface area contributed by atoms with Gasteiger partial charge in [-0.3, -0.25) is 20.2 Å². The summed E-state index contributed by atoms with van der Waals surface area (Å²) in [6.45, 7) is 0. The monoisotopic (exact) mass is 414 g/mol. The summed E-state index contributed by atoms with van der Waals surface area (Å²) < 4.78 is 6.16. The molecule has 0 aliphatic rings. The van der Waals surface area contributed by atoms with Crippen LogP contribution in [-0.4, -0.2) is 9.85 Å². The number of hydrogen-bond acceptors (Lipinski definition) is 7. The van der Waals surface area contributed by atoms with Gasteiger partial charge < -0.3 is 4.74 Å². The molecular weight excluding hydrogens is 408 g/mol. The van der Waals surface area contributed by atoms with Crippen molar-refractivity contribution in [3.8, 4) is 23.6 Å². The SMILES string of the molecule is N#CC(C#N)=Cc1cc(Br)ccc1Oc1ccc([N+](=O)[O-])cc1[N+](=O)[O-]. The highest BCUT2D eigenvalue weighted by Crippen LogP contribution is 2.36. The first-order valence-electron chi connectivity index (χ1n) is 6.78. The summed E-state index contributed by atoms with van der Waals surface area (Å²) >= 11 is 3.24. The van der Waals surface area contributed by atoms with E-state index in [1.54, 1.807) is 24.3 Å². The van der Waals surface area contributed by atoms with Gasteiger partial charge in [0.05, 0.1) is 15.9 Å². The number of hydrogen-bond donors (Lipinski definition) is 0. The van der Waals surface area contributed by atoms with Crippen LogP contribution in [0.2, 0.25) is 0 Å². The van der Waals surface area contributed by atoms with Crippen molar-refractivity contribution in [2.45, 2.75) is 0 Å². The van der Waals surface area contributed by atoms with Crippen LogP contribution < -0.4 is 4.74 Å². The summed E-state index contributed by atoms with van der Waals surface area (Å²) in [6, 6.07) is 11.0. The Morgan fingerprint density at radius 3 is 2.27 bits per heavy atom. The van der Waals surface area contributed by atoms with Crippen LogP contribution in [0, 0.1) is 42.9 Å². The molecule has 2 aromatic carbocycles. The topological polar surface area (TPSA) is 143 Å². The van der Waals surface area contributed by atoms with Gasteiger partial charge in [-0.05, 0) is 30.3 Å². The second-order valence-corrected chi connectivity index (χ2v) is 5.65. The lowest BCUT2D eigenvalue weighted by Gasteiger charge is -2.10. The number of ether oxygens (including phenoxy) is 1. The highest BCUT2D eigenvalue weighted by molar-refractivity contribution is 9.10. The first-order chi connectivity index (χ1) is 12.3. The van der Waals surface area contributed by atoms with E-state index in [4.69, 9.17) is 15.3 Å². The second-order valence-electron chi connectivity index (χ2n) is 4.73. The van der Waals surface area contributed by atoms with E-state index in [1.165, 1.54) is 12.1 Å². The minimum Gasteiger partial charge on any atom is -0.449 e. The van der Waals surface area contributed by atoms with Crippen LogP contribution in [0.25, 0.3) is 6.08 Å². The molecule has 2 aromatic rings. The van der Waals surface area contributed by atoms with Crippen molar-refractivity contribution in [2.24, 2.45) is 0 Å². The van der Waals surface area contributed by atoms with Gasteiger partial charge in [0, 0.05) is 16.1 Å². The Labute approximate surface area is 154 Å². The Bertz CT molecular complexity index is 1000. The first-order valence-corrected chi connectivity index (χ1v) is 7.57. The van der Waals surface area contributed by atoms with Crippen LogP contribution >= 0.6 is 15.9 Å². The Morgan fingerprint density at radius 2 is 1.69 bits per heavy atom. The first kappa shape index (κ1) is 18.6. The van der Waals surface area contributed by atoms with Gasteiger partial charge in [0.1, 0.15) is 23.5 Å². The quantitative estimate of drug-likeness (QED) is 0.398. The van der Waals surface area contributed by atoms with E-state index in [0.717, 1.165) is 18.2 Å². The number of nitro groups is 2. The average Bonchev–Trinajstić information content (AvgIpc) is 2.61. The molecule has 128 valence electrons. The van der Waals surface area contributed by atoms with Crippen molar-refractivity contribution < 1.29 is 14.6 Å². The van der Waals surface area contributed by atoms with Crippen LogP contribution in [0.5, 0.6) is 11.5 Å². The fraction of sp³-hybridized carbons (Fsp3) is 0. The maximum atomic E-state index is 11.2. The molecule has 26 heavy (non-hydrogen) atoms. The van der Waals surface area contributed by atoms with Crippen molar-refractivity contribution in [3.05, 3.63) is 72.2 Å². The standard InChI is InChI=1S/C16H7BrN4O5/c17-12-1-3-15(11(6-12)5-10(8-18)9-19)26-16-4-2-13(20(22)23)7-14(16)21(24)25/h1-7H. The van der Waals surface area contributed by atoms with E-state index < -0.39 is 21.2 Å². The minimum atomic E-state index is -0.799. The Morgan fingerprint density at radius 1 is 1.04 bits per heavy atom. The Kier molecular flexibility index (Phi) is 5.63. The summed E-state index contributed by atoms with van der Waals surface area (Å²) in [5.41, 5.74) is -0.898. The summed E-state index contributed by atoms with van der Waals surface area (Å²) in [5.74, 6) is -0.0822. The van der Waals surface area contributed by atoms with Gasteiger partial charge in [-0.2, -0.15) is 10.5 Å². The molecule has 9 nitrogen and oxygen atoms in total. The number of nitriles is 2. The lowest BCUT2D eigenvalue weighted by atomic mass is 10.1. The third kappa shape index (κ3) is 4.20. The molecule has 0 aliphatic heterocycles. The number of benzene rings is 2. The minimum absolute atomic E-state index is 0.133. The normalized spacial score (nSPS) is 9.50. The molecule has 0 bridgehead atoms. The third-order valence-electron chi connectivity index (χ3n) is 3.08. The molecule has 0 N–H and O–H groups in total. The van der Waals surface area contributed by atoms with E-state index in [2.05, 4.69) is 15.9 Å². The predicted molar refractivity (Wildman–Crippen MR) is 93.2 cm³/mol. The highest BCUT2D eigenvalue weighted by atomic mass is 79.9. The third-order valence-corrected chi connectivity index (χ3v) is 3.58. The Balaban J connectivity index is 2.55. The van der Waals surface area contributed by atoms with E-state index >= 15 is 0 Å². The smallest absolute Gasteiger partial charge is 0.318 e. The summed E-state index contributed by atoms with van der Waals surface area (Å²) in [4.78, 5) is 20.4. The molecule has 0 saturated heterocycles. The zero-order valence-corrected chi connectivity index (χ0v) is 14.3. The van der Waals surface area contributed by atoms with Crippen molar-refractivity contribution in [3.63, 3.8) is 0 Å². The van der Waals surface area contributed by atoms with Gasteiger partial charge in [-0.1, -0.05) is 15.9 Å². The van der Waals surface area contributed by atoms with Gasteiger partial charge in [0.2, 0.25) is 5.75 Å². The van der Waals surface area contributed by atoms with Crippen LogP contribution in [0.15, 0.2) is 46.4 Å². The van der Waals surface area contributed by atoms with Gasteiger partial charge in [0.25, 0.3) is 5.69 Å². The van der Waals surface area contributed by atoms with Crippen molar-refractivity contribution in [2.75, 3.05) is 0 Å². The molecule has 2 rings (SSSR count). The van der Waals surface area contributed by atoms with Crippen LogP contribution in [-0.2, 0) is 0 Å². The molecule has 0 saturated carbocycles. The fourth-order valence-corrected chi connectivity index (χ4v) is 2.32. The van der Waals surface area contributed by atoms with Gasteiger partial charge in [-0.25, -0.2) is 0 Å². The van der Waals surface area contributed by atoms with Crippen molar-refractivity contribution >= 4 is 33.4 Å². The Hall–Kier alpha value is -3.76. The average molecular weight is 415 g/mol. The number of rotatable bonds is 5. The van der Waals surface area contributed by atoms with E-state index in [-0.39, 0.29) is 17.1 Å². The van der Waals surface area contributed by atoms with Crippen LogP contribution in [0.4, 0.5) is 11.4 Å². The van der Waals surface area contributed by atoms with E-state index in [9.17, 15) is 20.2 Å². The van der Waals surface area contributed by atoms with Gasteiger partial charge in [-0.15, -0.1) is 0 Å². The highest BCUT2D eigenvalue weighted by Gasteiger charge is 2.22. The van der Waals surface area contributed by atoms with E-state index in [0.29, 0.717) is 10.0 Å². The number of allylic oxidation sites excluding steroid dienone is 1. The molecule has 10 heteroatoms. The molecule has 0 unspecified atom stereocenters. The molecule has 0 fully saturated rings. The number of nitrogens with zero attached hydrogens (tertiary/aromatic N) is 4. The zero-order valence-electron chi connectivity index (χ0n) is 12.7. The second kappa shape index (κ2) is 7.88. The summed E-state index contributed by atoms with van der Waals surface area (Å²) in [6.07, 6.45) is 1.26. The number of nitro benzene ring substituents is 2. The van der Waals surface area contributed by atoms with Gasteiger partial charge >= 0.3 is 5.69 Å². The van der Waals surface area contributed by atoms with E-state index in [1.807, 2.05) is 0 Å². The molecular formula is C16H7BrN4O5. The predicted octanol–water partition coefficient (Wildman–Crippen LogP) is 4.49. The number of non-ortho nitro benzene ring substituents is 1. The van der Waals surface area contributed by atoms with Crippen LogP contribution in [0.1, 0.15) is 5.56 Å². The largest absolute Gasteiger partial charge is 0.449 e. The summed E-state index contributed by atoms with van der Waals surface area (Å²) in [7, 11) is 0. The van der Waals surface area contributed by atoms with Crippen molar-refractivity contribution in [1.29, 1.82) is 10.5 Å². The van der Waals surface area contributed by atoms with Crippen LogP contribution in [0.3, 0.4) is 0 Å². The molecule has 0 spiro atoms.